The van der Waals surface area contributed by atoms with Crippen molar-refractivity contribution in [1.82, 2.24) is 0 Å². The van der Waals surface area contributed by atoms with Crippen LogP contribution >= 0.6 is 11.6 Å². The highest BCUT2D eigenvalue weighted by molar-refractivity contribution is 6.17. The van der Waals surface area contributed by atoms with Crippen LogP contribution in [0.1, 0.15) is 38.2 Å². The van der Waals surface area contributed by atoms with E-state index in [9.17, 15) is 19.7 Å². The Morgan fingerprint density at radius 2 is 1.90 bits per heavy atom. The summed E-state index contributed by atoms with van der Waals surface area (Å²) >= 11 is 5.71. The summed E-state index contributed by atoms with van der Waals surface area (Å²) < 4.78 is 15.8. The standard InChI is InChI=1S/C21H25ClN2O7/c1-12-17(20(25)29-3)19(18(13(2)23-12)21(26)30-4)15-11-14(24(27)28)7-8-16(15)31-10-6-5-9-22/h7-8,11,17,19H,5-6,9-10H2,1-4H3. The molecule has 1 aromatic rings. The summed E-state index contributed by atoms with van der Waals surface area (Å²) in [5, 5.41) is 11.4. The van der Waals surface area contributed by atoms with Crippen molar-refractivity contribution in [3.8, 4) is 5.75 Å². The van der Waals surface area contributed by atoms with Crippen molar-refractivity contribution in [2.45, 2.75) is 32.6 Å². The maximum Gasteiger partial charge on any atom is 0.336 e. The highest BCUT2D eigenvalue weighted by Crippen LogP contribution is 2.44. The second-order valence-corrected chi connectivity index (χ2v) is 7.32. The molecule has 0 aromatic heterocycles. The first-order valence-electron chi connectivity index (χ1n) is 9.66. The molecule has 2 unspecified atom stereocenters. The molecule has 31 heavy (non-hydrogen) atoms. The quantitative estimate of drug-likeness (QED) is 0.184. The molecule has 0 aliphatic carbocycles. The van der Waals surface area contributed by atoms with Crippen molar-refractivity contribution < 1.29 is 28.7 Å². The third-order valence-electron chi connectivity index (χ3n) is 5.01. The first-order valence-corrected chi connectivity index (χ1v) is 10.2. The number of hydrogen-bond acceptors (Lipinski definition) is 8. The molecule has 9 nitrogen and oxygen atoms in total. The Bertz CT molecular complexity index is 926. The van der Waals surface area contributed by atoms with E-state index in [-0.39, 0.29) is 11.3 Å². The second-order valence-electron chi connectivity index (χ2n) is 6.95. The molecular weight excluding hydrogens is 428 g/mol. The van der Waals surface area contributed by atoms with Crippen molar-refractivity contribution in [2.75, 3.05) is 26.7 Å². The summed E-state index contributed by atoms with van der Waals surface area (Å²) in [4.78, 5) is 40.6. The van der Waals surface area contributed by atoms with Gasteiger partial charge in [-0.2, -0.15) is 0 Å². The van der Waals surface area contributed by atoms with Crippen molar-refractivity contribution in [1.29, 1.82) is 0 Å². The van der Waals surface area contributed by atoms with Gasteiger partial charge in [-0.1, -0.05) is 0 Å². The van der Waals surface area contributed by atoms with Crippen molar-refractivity contribution >= 4 is 34.9 Å². The van der Waals surface area contributed by atoms with Crippen LogP contribution in [0, 0.1) is 16.0 Å². The maximum absolute atomic E-state index is 12.7. The number of unbranched alkanes of at least 4 members (excludes halogenated alkanes) is 1. The van der Waals surface area contributed by atoms with E-state index in [0.717, 1.165) is 6.42 Å². The van der Waals surface area contributed by atoms with Crippen LogP contribution in [0.3, 0.4) is 0 Å². The lowest BCUT2D eigenvalue weighted by atomic mass is 9.75. The average molecular weight is 453 g/mol. The van der Waals surface area contributed by atoms with Gasteiger partial charge in [0.25, 0.3) is 5.69 Å². The van der Waals surface area contributed by atoms with Crippen LogP contribution in [-0.4, -0.2) is 49.3 Å². The van der Waals surface area contributed by atoms with E-state index in [0.29, 0.717) is 41.6 Å². The van der Waals surface area contributed by atoms with Crippen molar-refractivity contribution in [3.05, 3.63) is 45.1 Å². The lowest BCUT2D eigenvalue weighted by molar-refractivity contribution is -0.385. The number of nitro benzene ring substituents is 1. The number of methoxy groups -OCH3 is 2. The third kappa shape index (κ3) is 5.41. The Balaban J connectivity index is 2.71. The number of ether oxygens (including phenoxy) is 3. The molecule has 1 heterocycles. The van der Waals surface area contributed by atoms with Gasteiger partial charge in [0.05, 0.1) is 31.3 Å². The van der Waals surface area contributed by atoms with Gasteiger partial charge in [-0.25, -0.2) is 4.79 Å². The van der Waals surface area contributed by atoms with Gasteiger partial charge in [0, 0.05) is 40.9 Å². The molecule has 0 amide bonds. The molecule has 1 aliphatic rings. The molecular formula is C21H25ClN2O7. The smallest absolute Gasteiger partial charge is 0.336 e. The van der Waals surface area contributed by atoms with Crippen LogP contribution in [0.4, 0.5) is 5.69 Å². The number of carbonyl (C=O) groups is 2. The molecule has 168 valence electrons. The number of hydrogen-bond donors (Lipinski definition) is 0. The summed E-state index contributed by atoms with van der Waals surface area (Å²) in [6, 6.07) is 4.09. The minimum Gasteiger partial charge on any atom is -0.493 e. The monoisotopic (exact) mass is 452 g/mol. The topological polar surface area (TPSA) is 117 Å². The summed E-state index contributed by atoms with van der Waals surface area (Å²) in [5.74, 6) is -2.42. The van der Waals surface area contributed by atoms with Crippen molar-refractivity contribution in [3.63, 3.8) is 0 Å². The van der Waals surface area contributed by atoms with Gasteiger partial charge >= 0.3 is 11.9 Å². The number of nitro groups is 1. The molecule has 0 saturated heterocycles. The van der Waals surface area contributed by atoms with E-state index >= 15 is 0 Å². The number of benzene rings is 1. The zero-order valence-corrected chi connectivity index (χ0v) is 18.6. The number of halogens is 1. The maximum atomic E-state index is 12.7. The van der Waals surface area contributed by atoms with Crippen LogP contribution in [0.15, 0.2) is 34.5 Å². The summed E-state index contributed by atoms with van der Waals surface area (Å²) in [6.07, 6.45) is 1.40. The highest BCUT2D eigenvalue weighted by Gasteiger charge is 2.43. The Morgan fingerprint density at radius 3 is 2.48 bits per heavy atom. The Kier molecular flexibility index (Phi) is 8.56. The van der Waals surface area contributed by atoms with Crippen LogP contribution in [0.5, 0.6) is 5.75 Å². The molecule has 1 aromatic carbocycles. The number of carbonyl (C=O) groups excluding carboxylic acids is 2. The number of allylic oxidation sites excluding steroid dienone is 1. The first-order chi connectivity index (χ1) is 14.8. The van der Waals surface area contributed by atoms with Gasteiger partial charge in [-0.15, -0.1) is 11.6 Å². The molecule has 0 fully saturated rings. The van der Waals surface area contributed by atoms with Crippen LogP contribution in [0.25, 0.3) is 0 Å². The second kappa shape index (κ2) is 10.9. The van der Waals surface area contributed by atoms with E-state index in [2.05, 4.69) is 4.99 Å². The third-order valence-corrected chi connectivity index (χ3v) is 5.28. The zero-order valence-electron chi connectivity index (χ0n) is 17.8. The lowest BCUT2D eigenvalue weighted by Crippen LogP contribution is -2.36. The van der Waals surface area contributed by atoms with Crippen molar-refractivity contribution in [2.24, 2.45) is 10.9 Å². The molecule has 10 heteroatoms. The fraction of sp³-hybridized carbons (Fsp3) is 0.476. The van der Waals surface area contributed by atoms with E-state index < -0.39 is 28.7 Å². The summed E-state index contributed by atoms with van der Waals surface area (Å²) in [6.45, 7) is 3.58. The SMILES string of the molecule is COC(=O)C1=C(C)N=C(C)C(C(=O)OC)C1c1cc([N+](=O)[O-])ccc1OCCCCCl. The highest BCUT2D eigenvalue weighted by atomic mass is 35.5. The number of nitrogens with zero attached hydrogens (tertiary/aromatic N) is 2. The van der Waals surface area contributed by atoms with Crippen LogP contribution in [0.2, 0.25) is 0 Å². The molecule has 0 spiro atoms. The molecule has 2 rings (SSSR count). The van der Waals surface area contributed by atoms with Gasteiger partial charge in [0.2, 0.25) is 0 Å². The normalized spacial score (nSPS) is 18.3. The van der Waals surface area contributed by atoms with Gasteiger partial charge in [-0.05, 0) is 32.8 Å². The average Bonchev–Trinajstić information content (AvgIpc) is 2.75. The Morgan fingerprint density at radius 1 is 1.19 bits per heavy atom. The molecule has 0 N–H and O–H groups in total. The van der Waals surface area contributed by atoms with Crippen LogP contribution < -0.4 is 4.74 Å². The van der Waals surface area contributed by atoms with E-state index in [1.807, 2.05) is 0 Å². The largest absolute Gasteiger partial charge is 0.493 e. The fourth-order valence-electron chi connectivity index (χ4n) is 3.58. The number of non-ortho nitro benzene ring substituents is 1. The van der Waals surface area contributed by atoms with Gasteiger partial charge in [0.1, 0.15) is 11.7 Å². The molecule has 0 radical (unpaired) electrons. The number of rotatable bonds is 9. The minimum atomic E-state index is -0.977. The molecule has 2 atom stereocenters. The lowest BCUT2D eigenvalue weighted by Gasteiger charge is -2.31. The van der Waals surface area contributed by atoms with Gasteiger partial charge < -0.3 is 14.2 Å². The van der Waals surface area contributed by atoms with Crippen LogP contribution in [-0.2, 0) is 19.1 Å². The first kappa shape index (κ1) is 24.3. The van der Waals surface area contributed by atoms with E-state index in [1.165, 1.54) is 32.4 Å². The predicted octanol–water partition coefficient (Wildman–Crippen LogP) is 3.79. The predicted molar refractivity (Wildman–Crippen MR) is 115 cm³/mol. The summed E-state index contributed by atoms with van der Waals surface area (Å²) in [5.41, 5.74) is 1.00. The van der Waals surface area contributed by atoms with E-state index in [4.69, 9.17) is 25.8 Å². The number of aliphatic imine (C=N–C) groups is 1. The Hall–Kier alpha value is -2.94. The van der Waals surface area contributed by atoms with Gasteiger partial charge in [0.15, 0.2) is 0 Å². The van der Waals surface area contributed by atoms with E-state index in [1.54, 1.807) is 13.8 Å². The molecule has 0 bridgehead atoms. The molecule has 1 aliphatic heterocycles. The summed E-state index contributed by atoms with van der Waals surface area (Å²) in [7, 11) is 2.45. The number of alkyl halides is 1. The Labute approximate surface area is 185 Å². The minimum absolute atomic E-state index is 0.120. The zero-order chi connectivity index (χ0) is 23.1. The fourth-order valence-corrected chi connectivity index (χ4v) is 3.77. The molecule has 0 saturated carbocycles. The number of esters is 2. The van der Waals surface area contributed by atoms with Gasteiger partial charge in [-0.3, -0.25) is 19.9 Å².